The predicted octanol–water partition coefficient (Wildman–Crippen LogP) is 5.72. The number of hydrogen-bond acceptors (Lipinski definition) is 1. The van der Waals surface area contributed by atoms with Crippen LogP contribution in [0.1, 0.15) is 37.3 Å². The summed E-state index contributed by atoms with van der Waals surface area (Å²) in [6.45, 7) is 5.24. The number of fused-ring (bicyclic) bond motifs is 2. The van der Waals surface area contributed by atoms with Crippen LogP contribution < -0.4 is 5.43 Å². The molecule has 1 heterocycles. The molecular formula is C24H23NO. The molecule has 1 atom stereocenters. The molecule has 0 aliphatic heterocycles. The van der Waals surface area contributed by atoms with Crippen molar-refractivity contribution in [3.63, 3.8) is 0 Å². The van der Waals surface area contributed by atoms with E-state index in [4.69, 9.17) is 0 Å². The average molecular weight is 341 g/mol. The van der Waals surface area contributed by atoms with E-state index < -0.39 is 0 Å². The van der Waals surface area contributed by atoms with Crippen LogP contribution in [0.25, 0.3) is 21.8 Å². The van der Waals surface area contributed by atoms with Gasteiger partial charge in [-0.3, -0.25) is 4.79 Å². The summed E-state index contributed by atoms with van der Waals surface area (Å²) in [6, 6.07) is 24.6. The molecule has 130 valence electrons. The van der Waals surface area contributed by atoms with Crippen molar-refractivity contribution < 1.29 is 0 Å². The first-order valence-corrected chi connectivity index (χ1v) is 9.28. The van der Waals surface area contributed by atoms with Crippen LogP contribution in [0.5, 0.6) is 0 Å². The third-order valence-electron chi connectivity index (χ3n) is 5.35. The van der Waals surface area contributed by atoms with E-state index in [1.165, 1.54) is 11.1 Å². The first kappa shape index (κ1) is 16.6. The summed E-state index contributed by atoms with van der Waals surface area (Å²) in [5.41, 5.74) is 4.73. The second-order valence-corrected chi connectivity index (χ2v) is 7.00. The van der Waals surface area contributed by atoms with Crippen molar-refractivity contribution in [1.29, 1.82) is 0 Å². The van der Waals surface area contributed by atoms with Gasteiger partial charge in [0.2, 0.25) is 0 Å². The fraction of sp³-hybridized carbons (Fsp3) is 0.208. The van der Waals surface area contributed by atoms with E-state index in [0.29, 0.717) is 5.92 Å². The molecule has 0 bridgehead atoms. The highest BCUT2D eigenvalue weighted by atomic mass is 16.1. The van der Waals surface area contributed by atoms with E-state index in [1.807, 2.05) is 48.5 Å². The van der Waals surface area contributed by atoms with Gasteiger partial charge >= 0.3 is 0 Å². The molecule has 0 spiro atoms. The quantitative estimate of drug-likeness (QED) is 0.435. The van der Waals surface area contributed by atoms with Crippen LogP contribution in [0.2, 0.25) is 0 Å². The molecule has 0 saturated heterocycles. The Hall–Kier alpha value is -2.87. The summed E-state index contributed by atoms with van der Waals surface area (Å²) in [4.78, 5) is 12.9. The number of aromatic nitrogens is 1. The van der Waals surface area contributed by atoms with Crippen molar-refractivity contribution in [2.75, 3.05) is 0 Å². The van der Waals surface area contributed by atoms with Gasteiger partial charge in [0, 0.05) is 17.3 Å². The zero-order valence-electron chi connectivity index (χ0n) is 15.3. The molecule has 2 heteroatoms. The molecule has 4 aromatic rings. The first-order valence-electron chi connectivity index (χ1n) is 9.28. The second-order valence-electron chi connectivity index (χ2n) is 7.00. The normalized spacial score (nSPS) is 12.5. The number of benzene rings is 3. The molecule has 0 saturated carbocycles. The summed E-state index contributed by atoms with van der Waals surface area (Å²) in [6.07, 6.45) is 1.13. The maximum Gasteiger partial charge on any atom is 0.197 e. The predicted molar refractivity (Wildman–Crippen MR) is 110 cm³/mol. The lowest BCUT2D eigenvalue weighted by atomic mass is 9.97. The topological polar surface area (TPSA) is 22.0 Å². The van der Waals surface area contributed by atoms with Crippen LogP contribution in [0.4, 0.5) is 0 Å². The van der Waals surface area contributed by atoms with E-state index in [-0.39, 0.29) is 5.43 Å². The highest BCUT2D eigenvalue weighted by Crippen LogP contribution is 2.23. The highest BCUT2D eigenvalue weighted by Gasteiger charge is 2.11. The van der Waals surface area contributed by atoms with Gasteiger partial charge in [0.05, 0.1) is 11.0 Å². The standard InChI is InChI=1S/C24H23NO/c1-3-17(2)19-10-8-9-18(15-19)16-25-22-13-6-4-11-20(22)24(26)21-12-5-7-14-23(21)25/h4-15,17H,3,16H2,1-2H3. The van der Waals surface area contributed by atoms with Gasteiger partial charge in [0.15, 0.2) is 5.43 Å². The molecule has 1 unspecified atom stereocenters. The Labute approximate surface area is 153 Å². The molecule has 3 aromatic carbocycles. The largest absolute Gasteiger partial charge is 0.336 e. The van der Waals surface area contributed by atoms with Gasteiger partial charge in [-0.1, -0.05) is 62.4 Å². The minimum absolute atomic E-state index is 0.112. The lowest BCUT2D eigenvalue weighted by Crippen LogP contribution is -2.12. The Morgan fingerprint density at radius 3 is 2.08 bits per heavy atom. The van der Waals surface area contributed by atoms with Crippen LogP contribution >= 0.6 is 0 Å². The molecule has 0 aliphatic carbocycles. The van der Waals surface area contributed by atoms with Crippen molar-refractivity contribution in [3.05, 3.63) is 94.1 Å². The summed E-state index contributed by atoms with van der Waals surface area (Å²) < 4.78 is 2.27. The van der Waals surface area contributed by atoms with Gasteiger partial charge in [0.1, 0.15) is 0 Å². The van der Waals surface area contributed by atoms with Gasteiger partial charge < -0.3 is 4.57 Å². The lowest BCUT2D eigenvalue weighted by Gasteiger charge is -2.17. The Kier molecular flexibility index (Phi) is 4.34. The molecule has 1 aromatic heterocycles. The van der Waals surface area contributed by atoms with Crippen molar-refractivity contribution >= 4 is 21.8 Å². The number of para-hydroxylation sites is 2. The SMILES string of the molecule is CCC(C)c1cccc(Cn2c3ccccc3c(=O)c3ccccc32)c1. The molecule has 26 heavy (non-hydrogen) atoms. The number of nitrogens with zero attached hydrogens (tertiary/aromatic N) is 1. The minimum Gasteiger partial charge on any atom is -0.336 e. The van der Waals surface area contributed by atoms with Gasteiger partial charge in [-0.15, -0.1) is 0 Å². The first-order chi connectivity index (χ1) is 12.7. The number of hydrogen-bond donors (Lipinski definition) is 0. The Bertz CT molecular complexity index is 1080. The smallest absolute Gasteiger partial charge is 0.197 e. The molecule has 2 nitrogen and oxygen atoms in total. The van der Waals surface area contributed by atoms with Gasteiger partial charge in [0.25, 0.3) is 0 Å². The third-order valence-corrected chi connectivity index (χ3v) is 5.35. The summed E-state index contributed by atoms with van der Waals surface area (Å²) >= 11 is 0. The summed E-state index contributed by atoms with van der Waals surface area (Å²) in [7, 11) is 0. The Morgan fingerprint density at radius 2 is 1.46 bits per heavy atom. The molecular weight excluding hydrogens is 318 g/mol. The number of pyridine rings is 1. The van der Waals surface area contributed by atoms with E-state index in [1.54, 1.807) is 0 Å². The Balaban J connectivity index is 1.93. The van der Waals surface area contributed by atoms with Crippen LogP contribution in [0.15, 0.2) is 77.6 Å². The maximum atomic E-state index is 12.9. The Morgan fingerprint density at radius 1 is 0.846 bits per heavy atom. The fourth-order valence-corrected chi connectivity index (χ4v) is 3.66. The second kappa shape index (κ2) is 6.80. The molecule has 0 fully saturated rings. The van der Waals surface area contributed by atoms with Crippen molar-refractivity contribution in [1.82, 2.24) is 4.57 Å². The van der Waals surface area contributed by atoms with Crippen molar-refractivity contribution in [2.45, 2.75) is 32.7 Å². The fourth-order valence-electron chi connectivity index (χ4n) is 3.66. The van der Waals surface area contributed by atoms with E-state index in [0.717, 1.165) is 34.8 Å². The highest BCUT2D eigenvalue weighted by molar-refractivity contribution is 5.93. The molecule has 4 rings (SSSR count). The van der Waals surface area contributed by atoms with Crippen molar-refractivity contribution in [2.24, 2.45) is 0 Å². The third kappa shape index (κ3) is 2.82. The molecule has 0 radical (unpaired) electrons. The molecule has 0 N–H and O–H groups in total. The average Bonchev–Trinajstić information content (AvgIpc) is 2.70. The van der Waals surface area contributed by atoms with E-state index >= 15 is 0 Å². The monoisotopic (exact) mass is 341 g/mol. The van der Waals surface area contributed by atoms with Crippen LogP contribution in [0.3, 0.4) is 0 Å². The van der Waals surface area contributed by atoms with Crippen LogP contribution in [0, 0.1) is 0 Å². The zero-order chi connectivity index (χ0) is 18.1. The van der Waals surface area contributed by atoms with Crippen LogP contribution in [-0.2, 0) is 6.54 Å². The molecule has 0 aliphatic rings. The van der Waals surface area contributed by atoms with Crippen LogP contribution in [-0.4, -0.2) is 4.57 Å². The van der Waals surface area contributed by atoms with Gasteiger partial charge in [-0.2, -0.15) is 0 Å². The van der Waals surface area contributed by atoms with Crippen molar-refractivity contribution in [3.8, 4) is 0 Å². The zero-order valence-corrected chi connectivity index (χ0v) is 15.3. The molecule has 0 amide bonds. The lowest BCUT2D eigenvalue weighted by molar-refractivity contribution is 0.730. The summed E-state index contributed by atoms with van der Waals surface area (Å²) in [5, 5.41) is 1.56. The van der Waals surface area contributed by atoms with Gasteiger partial charge in [-0.05, 0) is 47.7 Å². The number of rotatable bonds is 4. The summed E-state index contributed by atoms with van der Waals surface area (Å²) in [5.74, 6) is 0.553. The minimum atomic E-state index is 0.112. The van der Waals surface area contributed by atoms with E-state index in [2.05, 4.69) is 42.7 Å². The van der Waals surface area contributed by atoms with E-state index in [9.17, 15) is 4.79 Å². The van der Waals surface area contributed by atoms with Gasteiger partial charge in [-0.25, -0.2) is 0 Å². The maximum absolute atomic E-state index is 12.9.